The SMILES string of the molecule is CCOC(=O)c1ccc(S(=O)(=O)N2CCC(C(=O)NCCOc3cccc(OC)c3)CC2)o1. The van der Waals surface area contributed by atoms with E-state index in [-0.39, 0.29) is 42.4 Å². The number of nitrogens with one attached hydrogen (secondary N) is 1. The van der Waals surface area contributed by atoms with Crippen LogP contribution in [0.4, 0.5) is 0 Å². The largest absolute Gasteiger partial charge is 0.497 e. The van der Waals surface area contributed by atoms with Gasteiger partial charge < -0.3 is 23.9 Å². The van der Waals surface area contributed by atoms with Gasteiger partial charge in [-0.25, -0.2) is 13.2 Å². The summed E-state index contributed by atoms with van der Waals surface area (Å²) < 4.78 is 47.6. The topological polar surface area (TPSA) is 124 Å². The number of amides is 1. The fraction of sp³-hybridized carbons (Fsp3) is 0.455. The van der Waals surface area contributed by atoms with E-state index in [1.807, 2.05) is 12.1 Å². The van der Waals surface area contributed by atoms with Gasteiger partial charge >= 0.3 is 5.97 Å². The maximum atomic E-state index is 12.8. The molecule has 0 unspecified atom stereocenters. The maximum absolute atomic E-state index is 12.8. The summed E-state index contributed by atoms with van der Waals surface area (Å²) >= 11 is 0. The smallest absolute Gasteiger partial charge is 0.374 e. The summed E-state index contributed by atoms with van der Waals surface area (Å²) in [5.41, 5.74) is 0. The van der Waals surface area contributed by atoms with Crippen molar-refractivity contribution in [1.29, 1.82) is 0 Å². The number of rotatable bonds is 10. The van der Waals surface area contributed by atoms with E-state index >= 15 is 0 Å². The number of hydrogen-bond acceptors (Lipinski definition) is 8. The summed E-state index contributed by atoms with van der Waals surface area (Å²) in [6.45, 7) is 2.79. The molecule has 1 fully saturated rings. The normalized spacial score (nSPS) is 15.1. The Morgan fingerprint density at radius 3 is 2.58 bits per heavy atom. The lowest BCUT2D eigenvalue weighted by Crippen LogP contribution is -2.43. The van der Waals surface area contributed by atoms with Gasteiger partial charge in [0.05, 0.1) is 20.3 Å². The number of furan rings is 1. The highest BCUT2D eigenvalue weighted by atomic mass is 32.2. The van der Waals surface area contributed by atoms with Crippen molar-refractivity contribution in [2.24, 2.45) is 5.92 Å². The zero-order valence-corrected chi connectivity index (χ0v) is 19.4. The zero-order chi connectivity index (χ0) is 23.8. The molecular formula is C22H28N2O8S. The van der Waals surface area contributed by atoms with Gasteiger partial charge in [0.2, 0.25) is 16.8 Å². The Hall–Kier alpha value is -3.05. The molecule has 3 rings (SSSR count). The number of benzene rings is 1. The number of carbonyl (C=O) groups excluding carboxylic acids is 2. The van der Waals surface area contributed by atoms with Crippen LogP contribution in [0, 0.1) is 5.92 Å². The summed E-state index contributed by atoms with van der Waals surface area (Å²) in [5, 5.41) is 2.51. The molecule has 1 aromatic heterocycles. The highest BCUT2D eigenvalue weighted by Gasteiger charge is 2.34. The van der Waals surface area contributed by atoms with Gasteiger partial charge in [0.1, 0.15) is 18.1 Å². The molecule has 1 amide bonds. The molecule has 10 nitrogen and oxygen atoms in total. The average Bonchev–Trinajstić information content (AvgIpc) is 3.34. The molecule has 1 N–H and O–H groups in total. The van der Waals surface area contributed by atoms with E-state index in [1.165, 1.54) is 16.4 Å². The molecule has 1 aliphatic heterocycles. The quantitative estimate of drug-likeness (QED) is 0.405. The zero-order valence-electron chi connectivity index (χ0n) is 18.6. The van der Waals surface area contributed by atoms with Crippen LogP contribution in [0.5, 0.6) is 11.5 Å². The summed E-state index contributed by atoms with van der Waals surface area (Å²) in [6.07, 6.45) is 0.764. The van der Waals surface area contributed by atoms with Crippen LogP contribution in [0.1, 0.15) is 30.3 Å². The number of ether oxygens (including phenoxy) is 3. The van der Waals surface area contributed by atoms with Crippen LogP contribution in [0.15, 0.2) is 45.9 Å². The first-order valence-corrected chi connectivity index (χ1v) is 12.1. The summed E-state index contributed by atoms with van der Waals surface area (Å²) in [4.78, 5) is 24.2. The standard InChI is InChI=1S/C22H28N2O8S/c1-3-30-22(26)19-7-8-20(32-19)33(27,28)24-12-9-16(10-13-24)21(25)23-11-14-31-18-6-4-5-17(15-18)29-2/h4-8,15-16H,3,9-14H2,1-2H3,(H,23,25). The summed E-state index contributed by atoms with van der Waals surface area (Å²) in [5.74, 6) is 0.0190. The van der Waals surface area contributed by atoms with Crippen LogP contribution in [0.3, 0.4) is 0 Å². The van der Waals surface area contributed by atoms with Crippen molar-refractivity contribution in [3.05, 3.63) is 42.2 Å². The van der Waals surface area contributed by atoms with Crippen LogP contribution >= 0.6 is 0 Å². The molecule has 11 heteroatoms. The van der Waals surface area contributed by atoms with E-state index in [4.69, 9.17) is 18.6 Å². The highest BCUT2D eigenvalue weighted by Crippen LogP contribution is 2.25. The maximum Gasteiger partial charge on any atom is 0.374 e. The van der Waals surface area contributed by atoms with Crippen LogP contribution in [0.25, 0.3) is 0 Å². The fourth-order valence-electron chi connectivity index (χ4n) is 3.43. The molecule has 0 saturated carbocycles. The predicted molar refractivity (Wildman–Crippen MR) is 118 cm³/mol. The number of nitrogens with zero attached hydrogens (tertiary/aromatic N) is 1. The number of sulfonamides is 1. The van der Waals surface area contributed by atoms with Crippen LogP contribution in [0.2, 0.25) is 0 Å². The summed E-state index contributed by atoms with van der Waals surface area (Å²) in [7, 11) is -2.32. The van der Waals surface area contributed by atoms with Crippen molar-refractivity contribution in [1.82, 2.24) is 9.62 Å². The van der Waals surface area contributed by atoms with E-state index in [9.17, 15) is 18.0 Å². The number of piperidine rings is 1. The van der Waals surface area contributed by atoms with Crippen molar-refractivity contribution in [2.45, 2.75) is 24.9 Å². The van der Waals surface area contributed by atoms with Gasteiger partial charge in [-0.3, -0.25) is 4.79 Å². The minimum absolute atomic E-state index is 0.135. The van der Waals surface area contributed by atoms with Gasteiger partial charge in [0.25, 0.3) is 10.0 Å². The van der Waals surface area contributed by atoms with E-state index in [2.05, 4.69) is 5.32 Å². The van der Waals surface area contributed by atoms with Crippen molar-refractivity contribution >= 4 is 21.9 Å². The Bertz CT molecular complexity index is 1060. The molecule has 0 radical (unpaired) electrons. The third kappa shape index (κ3) is 6.26. The Labute approximate surface area is 192 Å². The lowest BCUT2D eigenvalue weighted by Gasteiger charge is -2.29. The first-order valence-electron chi connectivity index (χ1n) is 10.7. The van der Waals surface area contributed by atoms with Crippen molar-refractivity contribution < 1.29 is 36.6 Å². The van der Waals surface area contributed by atoms with E-state index < -0.39 is 16.0 Å². The molecule has 33 heavy (non-hydrogen) atoms. The Kier molecular flexibility index (Phi) is 8.34. The second-order valence-corrected chi connectivity index (χ2v) is 9.20. The fourth-order valence-corrected chi connectivity index (χ4v) is 4.82. The Morgan fingerprint density at radius 1 is 1.15 bits per heavy atom. The number of esters is 1. The molecule has 0 aliphatic carbocycles. The van der Waals surface area contributed by atoms with Gasteiger partial charge in [0.15, 0.2) is 0 Å². The van der Waals surface area contributed by atoms with Crippen molar-refractivity contribution in [3.63, 3.8) is 0 Å². The van der Waals surface area contributed by atoms with Crippen molar-refractivity contribution in [3.8, 4) is 11.5 Å². The van der Waals surface area contributed by atoms with Gasteiger partial charge in [0, 0.05) is 25.1 Å². The molecule has 2 aromatic rings. The first-order chi connectivity index (χ1) is 15.8. The molecule has 0 spiro atoms. The van der Waals surface area contributed by atoms with Crippen LogP contribution < -0.4 is 14.8 Å². The van der Waals surface area contributed by atoms with Gasteiger partial charge in [-0.05, 0) is 44.0 Å². The van der Waals surface area contributed by atoms with Gasteiger partial charge in [-0.1, -0.05) is 6.07 Å². The average molecular weight is 481 g/mol. The molecule has 2 heterocycles. The van der Waals surface area contributed by atoms with E-state index in [1.54, 1.807) is 26.2 Å². The molecule has 1 aromatic carbocycles. The molecular weight excluding hydrogens is 452 g/mol. The van der Waals surface area contributed by atoms with Crippen LogP contribution in [-0.4, -0.2) is 64.6 Å². The summed E-state index contributed by atoms with van der Waals surface area (Å²) in [6, 6.07) is 9.70. The third-order valence-corrected chi connectivity index (χ3v) is 6.96. The third-order valence-electron chi connectivity index (χ3n) is 5.19. The number of methoxy groups -OCH3 is 1. The second-order valence-electron chi connectivity index (χ2n) is 7.34. The van der Waals surface area contributed by atoms with Crippen LogP contribution in [-0.2, 0) is 19.6 Å². The molecule has 180 valence electrons. The minimum Gasteiger partial charge on any atom is -0.497 e. The monoisotopic (exact) mass is 480 g/mol. The van der Waals surface area contributed by atoms with Gasteiger partial charge in [-0.15, -0.1) is 0 Å². The Morgan fingerprint density at radius 2 is 1.88 bits per heavy atom. The Balaban J connectivity index is 1.44. The van der Waals surface area contributed by atoms with E-state index in [0.29, 0.717) is 37.5 Å². The lowest BCUT2D eigenvalue weighted by molar-refractivity contribution is -0.126. The van der Waals surface area contributed by atoms with E-state index in [0.717, 1.165) is 0 Å². The first kappa shape index (κ1) is 24.6. The number of hydrogen-bond donors (Lipinski definition) is 1. The molecule has 0 bridgehead atoms. The lowest BCUT2D eigenvalue weighted by atomic mass is 9.97. The van der Waals surface area contributed by atoms with Gasteiger partial charge in [-0.2, -0.15) is 4.31 Å². The predicted octanol–water partition coefficient (Wildman–Crippen LogP) is 2.06. The molecule has 1 saturated heterocycles. The van der Waals surface area contributed by atoms with Crippen molar-refractivity contribution in [2.75, 3.05) is 40.0 Å². The molecule has 0 atom stereocenters. The highest BCUT2D eigenvalue weighted by molar-refractivity contribution is 7.89. The minimum atomic E-state index is -3.90. The molecule has 1 aliphatic rings. The number of carbonyl (C=O) groups is 2. The second kappa shape index (κ2) is 11.2.